The van der Waals surface area contributed by atoms with E-state index in [-0.39, 0.29) is 6.04 Å². The van der Waals surface area contributed by atoms with Crippen molar-refractivity contribution in [1.29, 1.82) is 0 Å². The average Bonchev–Trinajstić information content (AvgIpc) is 1.99. The fourth-order valence-electron chi connectivity index (χ4n) is 1.87. The third kappa shape index (κ3) is 3.74. The molecule has 1 saturated heterocycles. The molecule has 1 fully saturated rings. The highest BCUT2D eigenvalue weighted by atomic mass is 32.2. The molecule has 90 valence electrons. The Bertz CT molecular complexity index is 306. The summed E-state index contributed by atoms with van der Waals surface area (Å²) in [4.78, 5) is 0. The van der Waals surface area contributed by atoms with Gasteiger partial charge in [0.05, 0.1) is 0 Å². The summed E-state index contributed by atoms with van der Waals surface area (Å²) in [5.74, 6) is 0. The van der Waals surface area contributed by atoms with E-state index < -0.39 is 15.7 Å². The first-order chi connectivity index (χ1) is 6.72. The Morgan fingerprint density at radius 1 is 1.27 bits per heavy atom. The predicted octanol–water partition coefficient (Wildman–Crippen LogP) is 1.49. The minimum absolute atomic E-state index is 0.124. The second-order valence-electron chi connectivity index (χ2n) is 5.31. The lowest BCUT2D eigenvalue weighted by atomic mass is 10.1. The summed E-state index contributed by atoms with van der Waals surface area (Å²) in [5, 5.41) is 0. The zero-order valence-electron chi connectivity index (χ0n) is 10.1. The number of rotatable bonds is 2. The Balaban J connectivity index is 2.76. The molecule has 0 aliphatic carbocycles. The van der Waals surface area contributed by atoms with Crippen LogP contribution in [-0.2, 0) is 10.2 Å². The minimum Gasteiger partial charge on any atom is -0.197 e. The van der Waals surface area contributed by atoms with Crippen LogP contribution in [0.1, 0.15) is 47.0 Å². The number of nitrogens with zero attached hydrogens (tertiary/aromatic N) is 1. The molecular weight excluding hydrogens is 212 g/mol. The summed E-state index contributed by atoms with van der Waals surface area (Å²) in [7, 11) is -3.31. The second-order valence-corrected chi connectivity index (χ2v) is 6.94. The van der Waals surface area contributed by atoms with E-state index in [0.29, 0.717) is 6.54 Å². The van der Waals surface area contributed by atoms with Crippen LogP contribution in [0.2, 0.25) is 0 Å². The van der Waals surface area contributed by atoms with Gasteiger partial charge < -0.3 is 0 Å². The quantitative estimate of drug-likeness (QED) is 0.787. The van der Waals surface area contributed by atoms with Gasteiger partial charge in [0.1, 0.15) is 0 Å². The third-order valence-electron chi connectivity index (χ3n) is 2.49. The normalized spacial score (nSPS) is 25.5. The van der Waals surface area contributed by atoms with Crippen LogP contribution in [0.4, 0.5) is 0 Å². The van der Waals surface area contributed by atoms with Gasteiger partial charge in [0.15, 0.2) is 0 Å². The summed E-state index contributed by atoms with van der Waals surface area (Å²) < 4.78 is 28.3. The van der Waals surface area contributed by atoms with E-state index in [1.54, 1.807) is 4.31 Å². The van der Waals surface area contributed by atoms with Gasteiger partial charge in [-0.05, 0) is 40.5 Å². The van der Waals surface area contributed by atoms with Crippen molar-refractivity contribution in [2.24, 2.45) is 0 Å². The van der Waals surface area contributed by atoms with Crippen molar-refractivity contribution in [3.05, 3.63) is 0 Å². The van der Waals surface area contributed by atoms with Crippen molar-refractivity contribution in [2.75, 3.05) is 6.54 Å². The van der Waals surface area contributed by atoms with E-state index in [2.05, 4.69) is 4.72 Å². The van der Waals surface area contributed by atoms with Crippen molar-refractivity contribution in [3.8, 4) is 0 Å². The van der Waals surface area contributed by atoms with E-state index in [9.17, 15) is 8.42 Å². The number of hydrogen-bond acceptors (Lipinski definition) is 2. The van der Waals surface area contributed by atoms with Crippen LogP contribution in [0, 0.1) is 0 Å². The molecule has 15 heavy (non-hydrogen) atoms. The Morgan fingerprint density at radius 3 is 2.33 bits per heavy atom. The van der Waals surface area contributed by atoms with Gasteiger partial charge in [0.25, 0.3) is 10.2 Å². The van der Waals surface area contributed by atoms with Gasteiger partial charge in [-0.25, -0.2) is 0 Å². The van der Waals surface area contributed by atoms with Crippen molar-refractivity contribution in [1.82, 2.24) is 9.03 Å². The van der Waals surface area contributed by atoms with E-state index in [1.807, 2.05) is 27.7 Å². The van der Waals surface area contributed by atoms with Crippen LogP contribution in [0.25, 0.3) is 0 Å². The standard InChI is InChI=1S/C10H22N2O2S/c1-9-7-5-6-8-12(9)15(13,14)11-10(2,3)4/h9,11H,5-8H2,1-4H3. The number of nitrogens with one attached hydrogen (secondary N) is 1. The zero-order valence-corrected chi connectivity index (χ0v) is 10.9. The van der Waals surface area contributed by atoms with Crippen LogP contribution < -0.4 is 4.72 Å². The van der Waals surface area contributed by atoms with Crippen molar-refractivity contribution < 1.29 is 8.42 Å². The van der Waals surface area contributed by atoms with Crippen molar-refractivity contribution in [2.45, 2.75) is 58.5 Å². The lowest BCUT2D eigenvalue weighted by Gasteiger charge is -2.34. The third-order valence-corrected chi connectivity index (χ3v) is 4.52. The van der Waals surface area contributed by atoms with E-state index in [1.165, 1.54) is 0 Å². The van der Waals surface area contributed by atoms with Crippen LogP contribution in [0.3, 0.4) is 0 Å². The Morgan fingerprint density at radius 2 is 1.87 bits per heavy atom. The molecular formula is C10H22N2O2S. The first-order valence-corrected chi connectivity index (χ1v) is 6.97. The number of piperidine rings is 1. The fraction of sp³-hybridized carbons (Fsp3) is 1.00. The van der Waals surface area contributed by atoms with Gasteiger partial charge >= 0.3 is 0 Å². The summed E-state index contributed by atoms with van der Waals surface area (Å²) in [6, 6.07) is 0.124. The first kappa shape index (κ1) is 12.9. The largest absolute Gasteiger partial charge is 0.280 e. The van der Waals surface area contributed by atoms with Crippen LogP contribution in [0.15, 0.2) is 0 Å². The highest BCUT2D eigenvalue weighted by molar-refractivity contribution is 7.87. The lowest BCUT2D eigenvalue weighted by Crippen LogP contribution is -2.52. The summed E-state index contributed by atoms with van der Waals surface area (Å²) >= 11 is 0. The smallest absolute Gasteiger partial charge is 0.197 e. The molecule has 1 N–H and O–H groups in total. The molecule has 0 aromatic carbocycles. The monoisotopic (exact) mass is 234 g/mol. The molecule has 1 rings (SSSR count). The zero-order chi connectivity index (χ0) is 11.7. The maximum absolute atomic E-state index is 12.0. The maximum Gasteiger partial charge on any atom is 0.280 e. The van der Waals surface area contributed by atoms with Crippen LogP contribution in [-0.4, -0.2) is 30.8 Å². The molecule has 0 aromatic heterocycles. The highest BCUT2D eigenvalue weighted by Gasteiger charge is 2.31. The number of hydrogen-bond donors (Lipinski definition) is 1. The van der Waals surface area contributed by atoms with E-state index in [0.717, 1.165) is 19.3 Å². The van der Waals surface area contributed by atoms with Gasteiger partial charge in [-0.15, -0.1) is 0 Å². The SMILES string of the molecule is CC1CCCCN1S(=O)(=O)NC(C)(C)C. The Hall–Kier alpha value is -0.130. The first-order valence-electron chi connectivity index (χ1n) is 5.53. The van der Waals surface area contributed by atoms with Gasteiger partial charge in [0, 0.05) is 18.1 Å². The summed E-state index contributed by atoms with van der Waals surface area (Å²) in [6.45, 7) is 8.20. The van der Waals surface area contributed by atoms with Crippen molar-refractivity contribution in [3.63, 3.8) is 0 Å². The molecule has 1 unspecified atom stereocenters. The molecule has 0 radical (unpaired) electrons. The Labute approximate surface area is 93.2 Å². The van der Waals surface area contributed by atoms with Crippen LogP contribution in [0.5, 0.6) is 0 Å². The predicted molar refractivity (Wildman–Crippen MR) is 61.8 cm³/mol. The molecule has 0 saturated carbocycles. The van der Waals surface area contributed by atoms with Gasteiger partial charge in [0.2, 0.25) is 0 Å². The fourth-order valence-corrected chi connectivity index (χ4v) is 3.71. The van der Waals surface area contributed by atoms with E-state index in [4.69, 9.17) is 0 Å². The molecule has 0 bridgehead atoms. The molecule has 1 aliphatic heterocycles. The molecule has 0 amide bonds. The molecule has 1 aliphatic rings. The van der Waals surface area contributed by atoms with E-state index >= 15 is 0 Å². The Kier molecular flexibility index (Phi) is 3.79. The molecule has 0 spiro atoms. The topological polar surface area (TPSA) is 49.4 Å². The molecule has 0 aromatic rings. The van der Waals surface area contributed by atoms with Gasteiger partial charge in [-0.3, -0.25) is 0 Å². The summed E-state index contributed by atoms with van der Waals surface area (Å²) in [5.41, 5.74) is -0.407. The minimum atomic E-state index is -3.31. The highest BCUT2D eigenvalue weighted by Crippen LogP contribution is 2.20. The molecule has 1 heterocycles. The average molecular weight is 234 g/mol. The molecule has 1 atom stereocenters. The molecule has 5 heteroatoms. The molecule has 4 nitrogen and oxygen atoms in total. The van der Waals surface area contributed by atoms with Gasteiger partial charge in [-0.1, -0.05) is 6.42 Å². The van der Waals surface area contributed by atoms with Crippen LogP contribution >= 0.6 is 0 Å². The summed E-state index contributed by atoms with van der Waals surface area (Å²) in [6.07, 6.45) is 3.06. The second kappa shape index (κ2) is 4.39. The van der Waals surface area contributed by atoms with Crippen molar-refractivity contribution >= 4 is 10.2 Å². The maximum atomic E-state index is 12.0. The van der Waals surface area contributed by atoms with Gasteiger partial charge in [-0.2, -0.15) is 17.4 Å². The lowest BCUT2D eigenvalue weighted by molar-refractivity contribution is 0.261.